The molecule has 0 radical (unpaired) electrons. The van der Waals surface area contributed by atoms with Crippen LogP contribution < -0.4 is 16.8 Å². The van der Waals surface area contributed by atoms with Gasteiger partial charge in [-0.2, -0.15) is 5.10 Å². The van der Waals surface area contributed by atoms with Crippen molar-refractivity contribution in [1.82, 2.24) is 9.78 Å². The second-order valence-corrected chi connectivity index (χ2v) is 2.92. The SMILES string of the molecule is CCCn1ncc(NN)c(Cl)c1=O. The lowest BCUT2D eigenvalue weighted by Gasteiger charge is -2.05. The van der Waals surface area contributed by atoms with Crippen LogP contribution in [0.2, 0.25) is 5.02 Å². The molecule has 0 saturated heterocycles. The van der Waals surface area contributed by atoms with Crippen molar-refractivity contribution in [3.05, 3.63) is 21.6 Å². The highest BCUT2D eigenvalue weighted by atomic mass is 35.5. The molecule has 0 aliphatic carbocycles. The number of hydrogen-bond acceptors (Lipinski definition) is 4. The molecular formula is C7H11ClN4O. The molecule has 0 aliphatic rings. The Labute approximate surface area is 80.5 Å². The summed E-state index contributed by atoms with van der Waals surface area (Å²) in [6.45, 7) is 2.51. The highest BCUT2D eigenvalue weighted by Crippen LogP contribution is 2.12. The van der Waals surface area contributed by atoms with Crippen molar-refractivity contribution in [2.24, 2.45) is 5.84 Å². The van der Waals surface area contributed by atoms with E-state index >= 15 is 0 Å². The van der Waals surface area contributed by atoms with Crippen molar-refractivity contribution in [1.29, 1.82) is 0 Å². The maximum absolute atomic E-state index is 11.4. The molecular weight excluding hydrogens is 192 g/mol. The molecule has 1 aromatic rings. The summed E-state index contributed by atoms with van der Waals surface area (Å²) in [5.41, 5.74) is 2.32. The van der Waals surface area contributed by atoms with E-state index in [1.807, 2.05) is 6.92 Å². The number of hydrazine groups is 1. The van der Waals surface area contributed by atoms with Crippen molar-refractivity contribution in [3.8, 4) is 0 Å². The quantitative estimate of drug-likeness (QED) is 0.556. The number of nitrogens with two attached hydrogens (primary N) is 1. The van der Waals surface area contributed by atoms with Crippen LogP contribution in [0.25, 0.3) is 0 Å². The second kappa shape index (κ2) is 4.25. The van der Waals surface area contributed by atoms with Gasteiger partial charge < -0.3 is 5.43 Å². The van der Waals surface area contributed by atoms with Gasteiger partial charge in [-0.3, -0.25) is 10.6 Å². The highest BCUT2D eigenvalue weighted by molar-refractivity contribution is 6.32. The van der Waals surface area contributed by atoms with E-state index in [1.54, 1.807) is 0 Å². The number of rotatable bonds is 3. The van der Waals surface area contributed by atoms with Gasteiger partial charge >= 0.3 is 0 Å². The van der Waals surface area contributed by atoms with Gasteiger partial charge in [-0.05, 0) is 6.42 Å². The minimum Gasteiger partial charge on any atom is -0.321 e. The first-order valence-electron chi connectivity index (χ1n) is 3.93. The number of nitrogen functional groups attached to an aromatic ring is 1. The van der Waals surface area contributed by atoms with Crippen LogP contribution in [-0.2, 0) is 6.54 Å². The van der Waals surface area contributed by atoms with Crippen LogP contribution in [-0.4, -0.2) is 9.78 Å². The third-order valence-electron chi connectivity index (χ3n) is 1.58. The van der Waals surface area contributed by atoms with Gasteiger partial charge in [-0.25, -0.2) is 4.68 Å². The van der Waals surface area contributed by atoms with E-state index in [0.29, 0.717) is 12.2 Å². The zero-order valence-corrected chi connectivity index (χ0v) is 8.01. The van der Waals surface area contributed by atoms with E-state index in [0.717, 1.165) is 6.42 Å². The molecule has 1 heterocycles. The molecule has 0 aromatic carbocycles. The summed E-state index contributed by atoms with van der Waals surface area (Å²) in [4.78, 5) is 11.4. The lowest BCUT2D eigenvalue weighted by Crippen LogP contribution is -2.25. The molecule has 0 spiro atoms. The highest BCUT2D eigenvalue weighted by Gasteiger charge is 2.06. The molecule has 0 atom stereocenters. The van der Waals surface area contributed by atoms with E-state index in [4.69, 9.17) is 17.4 Å². The predicted octanol–water partition coefficient (Wildman–Crippen LogP) is 0.592. The average molecular weight is 203 g/mol. The lowest BCUT2D eigenvalue weighted by molar-refractivity contribution is 0.568. The molecule has 0 saturated carbocycles. The molecule has 5 nitrogen and oxygen atoms in total. The normalized spacial score (nSPS) is 10.1. The maximum atomic E-state index is 11.4. The Morgan fingerprint density at radius 2 is 2.46 bits per heavy atom. The largest absolute Gasteiger partial charge is 0.321 e. The van der Waals surface area contributed by atoms with Crippen LogP contribution in [0.15, 0.2) is 11.0 Å². The van der Waals surface area contributed by atoms with Gasteiger partial charge in [0.05, 0.1) is 11.9 Å². The summed E-state index contributed by atoms with van der Waals surface area (Å²) >= 11 is 5.72. The van der Waals surface area contributed by atoms with E-state index < -0.39 is 0 Å². The molecule has 13 heavy (non-hydrogen) atoms. The van der Waals surface area contributed by atoms with Crippen molar-refractivity contribution >= 4 is 17.3 Å². The maximum Gasteiger partial charge on any atom is 0.287 e. The number of anilines is 1. The van der Waals surface area contributed by atoms with Crippen LogP contribution in [0.4, 0.5) is 5.69 Å². The summed E-state index contributed by atoms with van der Waals surface area (Å²) in [7, 11) is 0. The zero-order chi connectivity index (χ0) is 9.84. The number of halogens is 1. The third-order valence-corrected chi connectivity index (χ3v) is 1.94. The summed E-state index contributed by atoms with van der Waals surface area (Å²) in [5, 5.41) is 3.95. The van der Waals surface area contributed by atoms with E-state index in [1.165, 1.54) is 10.9 Å². The summed E-state index contributed by atoms with van der Waals surface area (Å²) in [6, 6.07) is 0. The van der Waals surface area contributed by atoms with E-state index in [-0.39, 0.29) is 10.6 Å². The first kappa shape index (κ1) is 10.0. The van der Waals surface area contributed by atoms with Crippen LogP contribution >= 0.6 is 11.6 Å². The van der Waals surface area contributed by atoms with Crippen LogP contribution in [0.1, 0.15) is 13.3 Å². The minimum atomic E-state index is -0.320. The monoisotopic (exact) mass is 202 g/mol. The Hall–Kier alpha value is -1.07. The Morgan fingerprint density at radius 3 is 3.00 bits per heavy atom. The number of hydrogen-bond donors (Lipinski definition) is 2. The fourth-order valence-electron chi connectivity index (χ4n) is 0.937. The van der Waals surface area contributed by atoms with Crippen LogP contribution in [0.5, 0.6) is 0 Å². The minimum absolute atomic E-state index is 0.0750. The molecule has 3 N–H and O–H groups in total. The topological polar surface area (TPSA) is 72.9 Å². The van der Waals surface area contributed by atoms with Crippen molar-refractivity contribution in [3.63, 3.8) is 0 Å². The average Bonchev–Trinajstić information content (AvgIpc) is 2.14. The molecule has 0 unspecified atom stereocenters. The van der Waals surface area contributed by atoms with E-state index in [9.17, 15) is 4.79 Å². The Bertz CT molecular complexity index is 349. The van der Waals surface area contributed by atoms with Gasteiger partial charge in [0.2, 0.25) is 0 Å². The molecule has 0 aliphatic heterocycles. The summed E-state index contributed by atoms with van der Waals surface area (Å²) < 4.78 is 1.31. The first-order chi connectivity index (χ1) is 6.20. The predicted molar refractivity (Wildman–Crippen MR) is 51.6 cm³/mol. The third kappa shape index (κ3) is 1.99. The van der Waals surface area contributed by atoms with Gasteiger partial charge in [0, 0.05) is 6.54 Å². The van der Waals surface area contributed by atoms with Crippen molar-refractivity contribution in [2.75, 3.05) is 5.43 Å². The van der Waals surface area contributed by atoms with Gasteiger partial charge in [-0.15, -0.1) is 0 Å². The molecule has 72 valence electrons. The fraction of sp³-hybridized carbons (Fsp3) is 0.429. The smallest absolute Gasteiger partial charge is 0.287 e. The number of nitrogens with zero attached hydrogens (tertiary/aromatic N) is 2. The van der Waals surface area contributed by atoms with Gasteiger partial charge in [0.15, 0.2) is 0 Å². The molecule has 1 rings (SSSR count). The molecule has 1 aromatic heterocycles. The molecule has 0 fully saturated rings. The van der Waals surface area contributed by atoms with Crippen LogP contribution in [0.3, 0.4) is 0 Å². The van der Waals surface area contributed by atoms with Crippen molar-refractivity contribution in [2.45, 2.75) is 19.9 Å². The van der Waals surface area contributed by atoms with Crippen molar-refractivity contribution < 1.29 is 0 Å². The molecule has 0 bridgehead atoms. The summed E-state index contributed by atoms with van der Waals surface area (Å²) in [6.07, 6.45) is 2.26. The van der Waals surface area contributed by atoms with Gasteiger partial charge in [0.1, 0.15) is 5.02 Å². The van der Waals surface area contributed by atoms with Gasteiger partial charge in [-0.1, -0.05) is 18.5 Å². The fourth-order valence-corrected chi connectivity index (χ4v) is 1.14. The second-order valence-electron chi connectivity index (χ2n) is 2.54. The zero-order valence-electron chi connectivity index (χ0n) is 7.25. The molecule has 0 amide bonds. The Morgan fingerprint density at radius 1 is 1.77 bits per heavy atom. The standard InChI is InChI=1S/C7H11ClN4O/c1-2-3-12-7(13)6(8)5(11-9)4-10-12/h4,11H,2-3,9H2,1H3. The summed E-state index contributed by atoms with van der Waals surface area (Å²) in [5.74, 6) is 5.12. The number of nitrogens with one attached hydrogen (secondary N) is 1. The Balaban J connectivity index is 3.16. The lowest BCUT2D eigenvalue weighted by atomic mass is 10.4. The first-order valence-corrected chi connectivity index (χ1v) is 4.30. The van der Waals surface area contributed by atoms with Crippen LogP contribution in [0, 0.1) is 0 Å². The molecule has 6 heteroatoms. The van der Waals surface area contributed by atoms with E-state index in [2.05, 4.69) is 10.5 Å². The Kier molecular flexibility index (Phi) is 3.27. The number of aromatic nitrogens is 2. The van der Waals surface area contributed by atoms with Gasteiger partial charge in [0.25, 0.3) is 5.56 Å². The number of aryl methyl sites for hydroxylation is 1.